The lowest BCUT2D eigenvalue weighted by Gasteiger charge is -2.07. The van der Waals surface area contributed by atoms with E-state index >= 15 is 0 Å². The van der Waals surface area contributed by atoms with Gasteiger partial charge in [0.15, 0.2) is 6.61 Å². The minimum absolute atomic E-state index is 0.390. The first-order chi connectivity index (χ1) is 10.4. The van der Waals surface area contributed by atoms with E-state index in [0.29, 0.717) is 11.3 Å². The Balaban J connectivity index is 1.90. The summed E-state index contributed by atoms with van der Waals surface area (Å²) in [5.74, 6) is -1.43. The van der Waals surface area contributed by atoms with Crippen molar-refractivity contribution >= 4 is 17.6 Å². The lowest BCUT2D eigenvalue weighted by molar-refractivity contribution is -0.119. The Hall–Kier alpha value is -2.69. The van der Waals surface area contributed by atoms with Gasteiger partial charge in [0.2, 0.25) is 0 Å². The zero-order valence-electron chi connectivity index (χ0n) is 12.4. The second-order valence-corrected chi connectivity index (χ2v) is 5.01. The van der Waals surface area contributed by atoms with Gasteiger partial charge in [0.25, 0.3) is 5.91 Å². The van der Waals surface area contributed by atoms with E-state index in [4.69, 9.17) is 4.74 Å². The Morgan fingerprint density at radius 1 is 1.05 bits per heavy atom. The number of anilines is 1. The molecule has 0 aliphatic rings. The molecule has 114 valence electrons. The topological polar surface area (TPSA) is 55.4 Å². The predicted molar refractivity (Wildman–Crippen MR) is 81.2 cm³/mol. The van der Waals surface area contributed by atoms with Crippen LogP contribution in [-0.2, 0) is 9.53 Å². The van der Waals surface area contributed by atoms with E-state index < -0.39 is 18.5 Å². The van der Waals surface area contributed by atoms with E-state index in [1.54, 1.807) is 12.1 Å². The summed E-state index contributed by atoms with van der Waals surface area (Å²) >= 11 is 0. The number of carbonyl (C=O) groups excluding carboxylic acids is 2. The van der Waals surface area contributed by atoms with Crippen LogP contribution in [0.4, 0.5) is 10.1 Å². The minimum atomic E-state index is -0.555. The molecule has 0 heterocycles. The van der Waals surface area contributed by atoms with Gasteiger partial charge in [-0.15, -0.1) is 0 Å². The average Bonchev–Trinajstić information content (AvgIpc) is 2.46. The summed E-state index contributed by atoms with van der Waals surface area (Å²) in [6.07, 6.45) is 0. The quantitative estimate of drug-likeness (QED) is 0.882. The number of esters is 1. The van der Waals surface area contributed by atoms with Gasteiger partial charge in [0.05, 0.1) is 5.56 Å². The lowest BCUT2D eigenvalue weighted by atomic mass is 10.1. The molecule has 0 unspecified atom stereocenters. The smallest absolute Gasteiger partial charge is 0.338 e. The van der Waals surface area contributed by atoms with Gasteiger partial charge in [0.1, 0.15) is 5.82 Å². The maximum absolute atomic E-state index is 12.7. The summed E-state index contributed by atoms with van der Waals surface area (Å²) in [5, 5.41) is 2.52. The first-order valence-electron chi connectivity index (χ1n) is 6.75. The standard InChI is InChI=1S/C17H16FNO3/c1-11-7-12(2)9-13(8-11)17(21)22-10-16(20)19-15-5-3-14(18)4-6-15/h3-9H,10H2,1-2H3,(H,19,20). The van der Waals surface area contributed by atoms with Crippen molar-refractivity contribution in [3.05, 3.63) is 65.0 Å². The largest absolute Gasteiger partial charge is 0.452 e. The van der Waals surface area contributed by atoms with Crippen LogP contribution in [-0.4, -0.2) is 18.5 Å². The number of hydrogen-bond donors (Lipinski definition) is 1. The Labute approximate surface area is 127 Å². The summed E-state index contributed by atoms with van der Waals surface area (Å²) in [5.41, 5.74) is 2.74. The Kier molecular flexibility index (Phi) is 4.88. The molecule has 0 aromatic heterocycles. The van der Waals surface area contributed by atoms with Crippen molar-refractivity contribution in [1.82, 2.24) is 0 Å². The van der Waals surface area contributed by atoms with Crippen molar-refractivity contribution in [2.75, 3.05) is 11.9 Å². The molecule has 0 spiro atoms. The van der Waals surface area contributed by atoms with Gasteiger partial charge in [0, 0.05) is 5.69 Å². The summed E-state index contributed by atoms with van der Waals surface area (Å²) in [6, 6.07) is 10.7. The monoisotopic (exact) mass is 301 g/mol. The van der Waals surface area contributed by atoms with Gasteiger partial charge in [-0.1, -0.05) is 17.2 Å². The molecule has 5 heteroatoms. The highest BCUT2D eigenvalue weighted by molar-refractivity contribution is 5.95. The van der Waals surface area contributed by atoms with Gasteiger partial charge in [-0.3, -0.25) is 4.79 Å². The second kappa shape index (κ2) is 6.85. The molecule has 2 aromatic carbocycles. The molecule has 22 heavy (non-hydrogen) atoms. The Bertz CT molecular complexity index is 675. The highest BCUT2D eigenvalue weighted by Crippen LogP contribution is 2.11. The van der Waals surface area contributed by atoms with Gasteiger partial charge in [-0.05, 0) is 50.2 Å². The first-order valence-corrected chi connectivity index (χ1v) is 6.75. The number of carbonyl (C=O) groups is 2. The van der Waals surface area contributed by atoms with E-state index in [-0.39, 0.29) is 5.82 Å². The highest BCUT2D eigenvalue weighted by atomic mass is 19.1. The number of benzene rings is 2. The lowest BCUT2D eigenvalue weighted by Crippen LogP contribution is -2.21. The summed E-state index contributed by atoms with van der Waals surface area (Å²) in [6.45, 7) is 3.36. The Morgan fingerprint density at radius 3 is 2.23 bits per heavy atom. The molecule has 0 fully saturated rings. The minimum Gasteiger partial charge on any atom is -0.452 e. The van der Waals surface area contributed by atoms with E-state index in [1.807, 2.05) is 19.9 Å². The number of amides is 1. The Morgan fingerprint density at radius 2 is 1.64 bits per heavy atom. The third kappa shape index (κ3) is 4.41. The number of ether oxygens (including phenoxy) is 1. The zero-order valence-corrected chi connectivity index (χ0v) is 12.4. The molecule has 1 amide bonds. The fourth-order valence-electron chi connectivity index (χ4n) is 2.04. The van der Waals surface area contributed by atoms with Crippen molar-refractivity contribution in [2.24, 2.45) is 0 Å². The van der Waals surface area contributed by atoms with E-state index in [1.165, 1.54) is 24.3 Å². The van der Waals surface area contributed by atoms with Crippen LogP contribution in [0.1, 0.15) is 21.5 Å². The number of halogens is 1. The highest BCUT2D eigenvalue weighted by Gasteiger charge is 2.11. The third-order valence-electron chi connectivity index (χ3n) is 2.92. The summed E-state index contributed by atoms with van der Waals surface area (Å²) in [7, 11) is 0. The van der Waals surface area contributed by atoms with Crippen molar-refractivity contribution in [3.63, 3.8) is 0 Å². The van der Waals surface area contributed by atoms with Crippen LogP contribution in [0.2, 0.25) is 0 Å². The molecule has 0 radical (unpaired) electrons. The molecule has 1 N–H and O–H groups in total. The van der Waals surface area contributed by atoms with Crippen LogP contribution in [0.25, 0.3) is 0 Å². The molecule has 0 aliphatic carbocycles. The molecular formula is C17H16FNO3. The normalized spacial score (nSPS) is 10.1. The molecule has 4 nitrogen and oxygen atoms in total. The van der Waals surface area contributed by atoms with Crippen LogP contribution in [0.5, 0.6) is 0 Å². The fourth-order valence-corrected chi connectivity index (χ4v) is 2.04. The van der Waals surface area contributed by atoms with Gasteiger partial charge in [-0.25, -0.2) is 9.18 Å². The molecule has 2 aromatic rings. The maximum atomic E-state index is 12.7. The SMILES string of the molecule is Cc1cc(C)cc(C(=O)OCC(=O)Nc2ccc(F)cc2)c1. The van der Waals surface area contributed by atoms with E-state index in [0.717, 1.165) is 11.1 Å². The van der Waals surface area contributed by atoms with Crippen molar-refractivity contribution < 1.29 is 18.7 Å². The molecule has 0 atom stereocenters. The van der Waals surface area contributed by atoms with E-state index in [2.05, 4.69) is 5.32 Å². The number of hydrogen-bond acceptors (Lipinski definition) is 3. The molecule has 2 rings (SSSR count). The van der Waals surface area contributed by atoms with Crippen LogP contribution in [0.3, 0.4) is 0 Å². The van der Waals surface area contributed by atoms with Crippen molar-refractivity contribution in [3.8, 4) is 0 Å². The van der Waals surface area contributed by atoms with Crippen LogP contribution < -0.4 is 5.32 Å². The van der Waals surface area contributed by atoms with Gasteiger partial charge < -0.3 is 10.1 Å². The predicted octanol–water partition coefficient (Wildman–Crippen LogP) is 3.24. The molecule has 0 saturated heterocycles. The molecule has 0 aliphatic heterocycles. The van der Waals surface area contributed by atoms with Crippen molar-refractivity contribution in [1.29, 1.82) is 0 Å². The number of aryl methyl sites for hydroxylation is 2. The summed E-state index contributed by atoms with van der Waals surface area (Å²) in [4.78, 5) is 23.6. The molecular weight excluding hydrogens is 285 g/mol. The van der Waals surface area contributed by atoms with E-state index in [9.17, 15) is 14.0 Å². The number of rotatable bonds is 4. The van der Waals surface area contributed by atoms with Crippen LogP contribution in [0.15, 0.2) is 42.5 Å². The van der Waals surface area contributed by atoms with Crippen LogP contribution >= 0.6 is 0 Å². The first kappa shape index (κ1) is 15.7. The third-order valence-corrected chi connectivity index (χ3v) is 2.92. The second-order valence-electron chi connectivity index (χ2n) is 5.01. The molecule has 0 bridgehead atoms. The maximum Gasteiger partial charge on any atom is 0.338 e. The van der Waals surface area contributed by atoms with Crippen LogP contribution in [0, 0.1) is 19.7 Å². The zero-order chi connectivity index (χ0) is 16.1. The van der Waals surface area contributed by atoms with Crippen molar-refractivity contribution in [2.45, 2.75) is 13.8 Å². The van der Waals surface area contributed by atoms with Gasteiger partial charge in [-0.2, -0.15) is 0 Å². The number of nitrogens with one attached hydrogen (secondary N) is 1. The average molecular weight is 301 g/mol. The summed E-state index contributed by atoms with van der Waals surface area (Å²) < 4.78 is 17.7. The molecule has 0 saturated carbocycles. The van der Waals surface area contributed by atoms with Gasteiger partial charge >= 0.3 is 5.97 Å². The fraction of sp³-hybridized carbons (Fsp3) is 0.176.